The molecule has 1 N–H and O–H groups in total. The normalized spacial score (nSPS) is 16.0. The molecule has 0 heterocycles. The smallest absolute Gasteiger partial charge is 0.306 e. The fourth-order valence-electron chi connectivity index (χ4n) is 2.69. The Hall–Kier alpha value is -2.43. The number of nitrogens with one attached hydrogen (secondary N) is 1. The van der Waals surface area contributed by atoms with Crippen molar-refractivity contribution in [3.05, 3.63) is 42.0 Å². The number of ketones is 1. The Kier molecular flexibility index (Phi) is 6.92. The Balaban J connectivity index is 1.78. The summed E-state index contributed by atoms with van der Waals surface area (Å²) in [5.41, 5.74) is 1.10. The van der Waals surface area contributed by atoms with Crippen LogP contribution in [0.1, 0.15) is 49.9 Å². The molecule has 25 heavy (non-hydrogen) atoms. The topological polar surface area (TPSA) is 72.5 Å². The van der Waals surface area contributed by atoms with Gasteiger partial charge in [-0.3, -0.25) is 14.4 Å². The number of anilines is 1. The lowest BCUT2D eigenvalue weighted by Crippen LogP contribution is -2.16. The van der Waals surface area contributed by atoms with Crippen molar-refractivity contribution in [2.75, 3.05) is 11.9 Å². The zero-order valence-corrected chi connectivity index (χ0v) is 14.8. The summed E-state index contributed by atoms with van der Waals surface area (Å²) >= 11 is 0. The van der Waals surface area contributed by atoms with E-state index in [0.29, 0.717) is 24.1 Å². The van der Waals surface area contributed by atoms with Gasteiger partial charge in [-0.25, -0.2) is 0 Å². The number of carbonyl (C=O) groups excluding carboxylic acids is 3. The Morgan fingerprint density at radius 3 is 2.52 bits per heavy atom. The number of ether oxygens (including phenoxy) is 1. The van der Waals surface area contributed by atoms with Gasteiger partial charge in [0.05, 0.1) is 6.42 Å². The summed E-state index contributed by atoms with van der Waals surface area (Å²) in [5, 5.41) is 2.79. The molecular weight excluding hydrogens is 318 g/mol. The fraction of sp³-hybridized carbons (Fsp3) is 0.450. The molecule has 5 nitrogen and oxygen atoms in total. The SMILES string of the molecule is CC(C)CC(=O)Nc1ccc(C(=O)COC(=O)C[C@H]2C=CCC2)cc1. The van der Waals surface area contributed by atoms with Gasteiger partial charge in [0.15, 0.2) is 12.4 Å². The van der Waals surface area contributed by atoms with E-state index in [2.05, 4.69) is 11.4 Å². The molecule has 0 bridgehead atoms. The molecule has 134 valence electrons. The summed E-state index contributed by atoms with van der Waals surface area (Å²) in [6.07, 6.45) is 6.82. The number of amides is 1. The highest BCUT2D eigenvalue weighted by atomic mass is 16.5. The molecule has 1 aliphatic rings. The first-order chi connectivity index (χ1) is 11.9. The van der Waals surface area contributed by atoms with Crippen LogP contribution in [0.2, 0.25) is 0 Å². The van der Waals surface area contributed by atoms with E-state index in [0.717, 1.165) is 12.8 Å². The van der Waals surface area contributed by atoms with Crippen LogP contribution in [0.15, 0.2) is 36.4 Å². The first kappa shape index (κ1) is 18.9. The second-order valence-corrected chi connectivity index (χ2v) is 6.78. The van der Waals surface area contributed by atoms with Crippen LogP contribution in [-0.4, -0.2) is 24.3 Å². The lowest BCUT2D eigenvalue weighted by Gasteiger charge is -2.09. The molecule has 0 aliphatic heterocycles. The molecule has 0 unspecified atom stereocenters. The summed E-state index contributed by atoms with van der Waals surface area (Å²) in [6.45, 7) is 3.70. The van der Waals surface area contributed by atoms with Gasteiger partial charge in [-0.05, 0) is 48.9 Å². The number of benzene rings is 1. The first-order valence-electron chi connectivity index (χ1n) is 8.69. The maximum atomic E-state index is 12.1. The number of hydrogen-bond donors (Lipinski definition) is 1. The maximum absolute atomic E-state index is 12.1. The second-order valence-electron chi connectivity index (χ2n) is 6.78. The molecule has 1 amide bonds. The highest BCUT2D eigenvalue weighted by Gasteiger charge is 2.16. The molecule has 1 aromatic carbocycles. The number of rotatable bonds is 8. The Labute approximate surface area is 148 Å². The molecule has 5 heteroatoms. The summed E-state index contributed by atoms with van der Waals surface area (Å²) in [7, 11) is 0. The van der Waals surface area contributed by atoms with Gasteiger partial charge < -0.3 is 10.1 Å². The van der Waals surface area contributed by atoms with Gasteiger partial charge >= 0.3 is 5.97 Å². The van der Waals surface area contributed by atoms with Crippen molar-refractivity contribution in [2.45, 2.75) is 39.5 Å². The van der Waals surface area contributed by atoms with Crippen molar-refractivity contribution >= 4 is 23.3 Å². The van der Waals surface area contributed by atoms with E-state index in [-0.39, 0.29) is 36.1 Å². The standard InChI is InChI=1S/C20H25NO4/c1-14(2)11-19(23)21-17-9-7-16(8-10-17)18(22)13-25-20(24)12-15-5-3-4-6-15/h3,5,7-10,14-15H,4,6,11-13H2,1-2H3,(H,21,23)/t15-/m0/s1. The third kappa shape index (κ3) is 6.53. The van der Waals surface area contributed by atoms with E-state index in [1.165, 1.54) is 0 Å². The van der Waals surface area contributed by atoms with E-state index in [9.17, 15) is 14.4 Å². The average Bonchev–Trinajstić information content (AvgIpc) is 3.05. The van der Waals surface area contributed by atoms with Gasteiger partial charge in [0.25, 0.3) is 0 Å². The Morgan fingerprint density at radius 2 is 1.92 bits per heavy atom. The molecule has 0 saturated heterocycles. The number of carbonyl (C=O) groups is 3. The summed E-state index contributed by atoms with van der Waals surface area (Å²) in [6, 6.07) is 6.61. The average molecular weight is 343 g/mol. The van der Waals surface area contributed by atoms with Crippen molar-refractivity contribution < 1.29 is 19.1 Å². The van der Waals surface area contributed by atoms with Crippen molar-refractivity contribution in [3.63, 3.8) is 0 Å². The zero-order valence-electron chi connectivity index (χ0n) is 14.8. The molecule has 0 spiro atoms. The van der Waals surface area contributed by atoms with Crippen LogP contribution in [0, 0.1) is 11.8 Å². The third-order valence-electron chi connectivity index (χ3n) is 3.99. The van der Waals surface area contributed by atoms with Crippen molar-refractivity contribution in [3.8, 4) is 0 Å². The van der Waals surface area contributed by atoms with E-state index >= 15 is 0 Å². The monoisotopic (exact) mass is 343 g/mol. The number of hydrogen-bond acceptors (Lipinski definition) is 4. The van der Waals surface area contributed by atoms with Gasteiger partial charge in [0.1, 0.15) is 0 Å². The molecule has 1 aromatic rings. The molecule has 0 saturated carbocycles. The van der Waals surface area contributed by atoms with Crippen molar-refractivity contribution in [2.24, 2.45) is 11.8 Å². The predicted molar refractivity (Wildman–Crippen MR) is 96.3 cm³/mol. The van der Waals surface area contributed by atoms with Gasteiger partial charge in [0.2, 0.25) is 5.91 Å². The third-order valence-corrected chi connectivity index (χ3v) is 3.99. The van der Waals surface area contributed by atoms with Gasteiger partial charge in [-0.2, -0.15) is 0 Å². The first-order valence-corrected chi connectivity index (χ1v) is 8.69. The quantitative estimate of drug-likeness (QED) is 0.443. The molecule has 0 fully saturated rings. The minimum Gasteiger partial charge on any atom is -0.457 e. The molecule has 2 rings (SSSR count). The van der Waals surface area contributed by atoms with Crippen LogP contribution >= 0.6 is 0 Å². The summed E-state index contributed by atoms with van der Waals surface area (Å²) < 4.78 is 5.07. The molecule has 0 radical (unpaired) electrons. The molecule has 1 aliphatic carbocycles. The maximum Gasteiger partial charge on any atom is 0.306 e. The Bertz CT molecular complexity index is 646. The number of esters is 1. The predicted octanol–water partition coefficient (Wildman–Crippen LogP) is 3.75. The molecule has 1 atom stereocenters. The van der Waals surface area contributed by atoms with Gasteiger partial charge in [-0.15, -0.1) is 0 Å². The summed E-state index contributed by atoms with van der Waals surface area (Å²) in [5.74, 6) is -0.131. The zero-order chi connectivity index (χ0) is 18.2. The number of Topliss-reactive ketones (excluding diaryl/α,β-unsaturated/α-hetero) is 1. The van der Waals surface area contributed by atoms with Crippen LogP contribution in [0.25, 0.3) is 0 Å². The van der Waals surface area contributed by atoms with E-state index in [1.54, 1.807) is 24.3 Å². The van der Waals surface area contributed by atoms with E-state index < -0.39 is 0 Å². The van der Waals surface area contributed by atoms with E-state index in [4.69, 9.17) is 4.74 Å². The van der Waals surface area contributed by atoms with Gasteiger partial charge in [0, 0.05) is 17.7 Å². The van der Waals surface area contributed by atoms with Crippen LogP contribution in [0.4, 0.5) is 5.69 Å². The van der Waals surface area contributed by atoms with Crippen LogP contribution in [0.5, 0.6) is 0 Å². The van der Waals surface area contributed by atoms with Crippen LogP contribution < -0.4 is 5.32 Å². The highest BCUT2D eigenvalue weighted by Crippen LogP contribution is 2.20. The summed E-state index contributed by atoms with van der Waals surface area (Å²) in [4.78, 5) is 35.6. The Morgan fingerprint density at radius 1 is 1.20 bits per heavy atom. The van der Waals surface area contributed by atoms with Gasteiger partial charge in [-0.1, -0.05) is 26.0 Å². The lowest BCUT2D eigenvalue weighted by atomic mass is 10.1. The van der Waals surface area contributed by atoms with E-state index in [1.807, 2.05) is 19.9 Å². The molecular formula is C20H25NO4. The largest absolute Gasteiger partial charge is 0.457 e. The highest BCUT2D eigenvalue weighted by molar-refractivity contribution is 5.98. The lowest BCUT2D eigenvalue weighted by molar-refractivity contribution is -0.143. The fourth-order valence-corrected chi connectivity index (χ4v) is 2.69. The number of allylic oxidation sites excluding steroid dienone is 2. The second kappa shape index (κ2) is 9.16. The van der Waals surface area contributed by atoms with Crippen LogP contribution in [-0.2, 0) is 14.3 Å². The molecule has 0 aromatic heterocycles. The minimum atomic E-state index is -0.345. The van der Waals surface area contributed by atoms with Crippen molar-refractivity contribution in [1.82, 2.24) is 0 Å². The minimum absolute atomic E-state index is 0.0519. The van der Waals surface area contributed by atoms with Crippen LogP contribution in [0.3, 0.4) is 0 Å². The van der Waals surface area contributed by atoms with Crippen molar-refractivity contribution in [1.29, 1.82) is 0 Å².